The van der Waals surface area contributed by atoms with Gasteiger partial charge in [-0.15, -0.1) is 0 Å². The molecular formula is C20H21F2N5O2S. The minimum atomic E-state index is -1.00. The summed E-state index contributed by atoms with van der Waals surface area (Å²) in [6.45, 7) is 1.62. The third kappa shape index (κ3) is 6.24. The SMILES string of the molecule is CC(N)=CC(=S)Nc1cc(N[C@H](Cc2ccc(F)cc2)C(N)=O)c(F)cc1C(N)=O. The van der Waals surface area contributed by atoms with Gasteiger partial charge in [0.1, 0.15) is 22.7 Å². The van der Waals surface area contributed by atoms with Crippen molar-refractivity contribution >= 4 is 40.4 Å². The Bertz CT molecular complexity index is 1010. The van der Waals surface area contributed by atoms with Crippen molar-refractivity contribution in [1.29, 1.82) is 0 Å². The third-order valence-electron chi connectivity index (χ3n) is 4.02. The molecule has 2 amide bonds. The van der Waals surface area contributed by atoms with E-state index in [1.165, 1.54) is 36.4 Å². The first-order valence-corrected chi connectivity index (χ1v) is 9.16. The molecule has 10 heteroatoms. The average molecular weight is 433 g/mol. The second-order valence-electron chi connectivity index (χ2n) is 6.55. The Hall–Kier alpha value is -3.53. The number of carbonyl (C=O) groups excluding carboxylic acids is 2. The zero-order chi connectivity index (χ0) is 22.4. The summed E-state index contributed by atoms with van der Waals surface area (Å²) in [5.74, 6) is -2.87. The Morgan fingerprint density at radius 3 is 2.27 bits per heavy atom. The van der Waals surface area contributed by atoms with E-state index in [4.69, 9.17) is 29.4 Å². The lowest BCUT2D eigenvalue weighted by molar-refractivity contribution is -0.118. The van der Waals surface area contributed by atoms with Crippen LogP contribution in [-0.4, -0.2) is 22.8 Å². The number of halogens is 2. The molecule has 0 heterocycles. The highest BCUT2D eigenvalue weighted by molar-refractivity contribution is 7.81. The molecule has 0 aliphatic rings. The van der Waals surface area contributed by atoms with Crippen LogP contribution in [0.25, 0.3) is 0 Å². The molecule has 158 valence electrons. The summed E-state index contributed by atoms with van der Waals surface area (Å²) >= 11 is 5.12. The van der Waals surface area contributed by atoms with Gasteiger partial charge in [-0.3, -0.25) is 9.59 Å². The molecule has 0 radical (unpaired) electrons. The van der Waals surface area contributed by atoms with Gasteiger partial charge in [-0.05, 0) is 42.8 Å². The Morgan fingerprint density at radius 2 is 1.73 bits per heavy atom. The largest absolute Gasteiger partial charge is 0.402 e. The van der Waals surface area contributed by atoms with Crippen LogP contribution in [0.2, 0.25) is 0 Å². The Kier molecular flexibility index (Phi) is 7.43. The summed E-state index contributed by atoms with van der Waals surface area (Å²) in [5, 5.41) is 5.47. The maximum Gasteiger partial charge on any atom is 0.250 e. The van der Waals surface area contributed by atoms with E-state index < -0.39 is 29.5 Å². The van der Waals surface area contributed by atoms with Gasteiger partial charge in [-0.1, -0.05) is 24.4 Å². The average Bonchev–Trinajstić information content (AvgIpc) is 2.64. The maximum absolute atomic E-state index is 14.6. The molecule has 0 saturated heterocycles. The summed E-state index contributed by atoms with van der Waals surface area (Å²) in [6.07, 6.45) is 1.53. The monoisotopic (exact) mass is 433 g/mol. The Labute approximate surface area is 177 Å². The molecule has 8 N–H and O–H groups in total. The number of anilines is 2. The topological polar surface area (TPSA) is 136 Å². The van der Waals surface area contributed by atoms with E-state index in [0.717, 1.165) is 6.07 Å². The number of thiocarbonyl (C=S) groups is 1. The normalized spacial score (nSPS) is 12.2. The van der Waals surface area contributed by atoms with Crippen LogP contribution in [0.3, 0.4) is 0 Å². The molecule has 0 aromatic heterocycles. The highest BCUT2D eigenvalue weighted by Crippen LogP contribution is 2.26. The van der Waals surface area contributed by atoms with Crippen LogP contribution in [0.1, 0.15) is 22.8 Å². The van der Waals surface area contributed by atoms with Crippen LogP contribution in [-0.2, 0) is 11.2 Å². The highest BCUT2D eigenvalue weighted by atomic mass is 32.1. The molecule has 1 atom stereocenters. The number of rotatable bonds is 8. The first-order chi connectivity index (χ1) is 14.1. The second-order valence-corrected chi connectivity index (χ2v) is 6.99. The fourth-order valence-electron chi connectivity index (χ4n) is 2.63. The molecule has 2 aromatic carbocycles. The first-order valence-electron chi connectivity index (χ1n) is 8.75. The number of benzene rings is 2. The number of nitrogens with two attached hydrogens (primary N) is 3. The van der Waals surface area contributed by atoms with Crippen molar-refractivity contribution in [3.63, 3.8) is 0 Å². The number of carbonyl (C=O) groups is 2. The Morgan fingerprint density at radius 1 is 1.10 bits per heavy atom. The molecule has 0 aliphatic carbocycles. The number of amides is 2. The van der Waals surface area contributed by atoms with E-state index in [-0.39, 0.29) is 28.3 Å². The van der Waals surface area contributed by atoms with Gasteiger partial charge in [-0.25, -0.2) is 8.78 Å². The third-order valence-corrected chi connectivity index (χ3v) is 4.24. The number of hydrogen-bond donors (Lipinski definition) is 5. The quantitative estimate of drug-likeness (QED) is 0.320. The van der Waals surface area contributed by atoms with Crippen LogP contribution < -0.4 is 27.8 Å². The first kappa shape index (κ1) is 22.8. The van der Waals surface area contributed by atoms with Gasteiger partial charge in [0.2, 0.25) is 5.91 Å². The summed E-state index contributed by atoms with van der Waals surface area (Å²) in [5.41, 5.74) is 17.2. The summed E-state index contributed by atoms with van der Waals surface area (Å²) in [6, 6.07) is 6.64. The van der Waals surface area contributed by atoms with Crippen molar-refractivity contribution in [3.8, 4) is 0 Å². The predicted octanol–water partition coefficient (Wildman–Crippen LogP) is 2.17. The van der Waals surface area contributed by atoms with Crippen molar-refractivity contribution in [2.75, 3.05) is 10.6 Å². The van der Waals surface area contributed by atoms with Gasteiger partial charge in [0.25, 0.3) is 5.91 Å². The van der Waals surface area contributed by atoms with Crippen molar-refractivity contribution < 1.29 is 18.4 Å². The lowest BCUT2D eigenvalue weighted by Gasteiger charge is -2.19. The maximum atomic E-state index is 14.6. The van der Waals surface area contributed by atoms with Crippen molar-refractivity contribution in [1.82, 2.24) is 0 Å². The fraction of sp³-hybridized carbons (Fsp3) is 0.150. The van der Waals surface area contributed by atoms with Crippen molar-refractivity contribution in [3.05, 3.63) is 70.9 Å². The standard InChI is InChI=1S/C20H21F2N5O2S/c1-10(23)6-18(30)27-15-9-16(14(22)8-13(15)19(24)28)26-17(20(25)29)7-11-2-4-12(21)5-3-11/h2-6,8-9,17,26H,7,23H2,1H3,(H2,24,28)(H2,25,29)(H,27,30)/t17-/m1/s1. The molecule has 30 heavy (non-hydrogen) atoms. The second kappa shape index (κ2) is 9.79. The number of primary amides is 2. The van der Waals surface area contributed by atoms with E-state index in [1.807, 2.05) is 0 Å². The van der Waals surface area contributed by atoms with Gasteiger partial charge in [0.15, 0.2) is 0 Å². The molecule has 0 unspecified atom stereocenters. The summed E-state index contributed by atoms with van der Waals surface area (Å²) < 4.78 is 27.7. The van der Waals surface area contributed by atoms with Crippen LogP contribution in [0.15, 0.2) is 48.2 Å². The van der Waals surface area contributed by atoms with E-state index in [2.05, 4.69) is 10.6 Å². The van der Waals surface area contributed by atoms with E-state index >= 15 is 0 Å². The van der Waals surface area contributed by atoms with Gasteiger partial charge in [0.05, 0.1) is 16.9 Å². The van der Waals surface area contributed by atoms with Gasteiger partial charge >= 0.3 is 0 Å². The fourth-order valence-corrected chi connectivity index (χ4v) is 2.93. The van der Waals surface area contributed by atoms with Gasteiger partial charge in [0, 0.05) is 12.1 Å². The van der Waals surface area contributed by atoms with E-state index in [0.29, 0.717) is 11.3 Å². The molecule has 0 bridgehead atoms. The molecular weight excluding hydrogens is 412 g/mol. The zero-order valence-electron chi connectivity index (χ0n) is 16.0. The molecule has 0 saturated carbocycles. The highest BCUT2D eigenvalue weighted by Gasteiger charge is 2.20. The number of allylic oxidation sites excluding steroid dienone is 1. The minimum absolute atomic E-state index is 0.0862. The van der Waals surface area contributed by atoms with Crippen LogP contribution in [0, 0.1) is 11.6 Å². The molecule has 2 aromatic rings. The summed E-state index contributed by atoms with van der Waals surface area (Å²) in [4.78, 5) is 23.7. The minimum Gasteiger partial charge on any atom is -0.402 e. The lowest BCUT2D eigenvalue weighted by atomic mass is 10.0. The number of hydrogen-bond acceptors (Lipinski definition) is 5. The van der Waals surface area contributed by atoms with Gasteiger partial charge < -0.3 is 27.8 Å². The van der Waals surface area contributed by atoms with Gasteiger partial charge in [-0.2, -0.15) is 0 Å². The molecule has 0 fully saturated rings. The van der Waals surface area contributed by atoms with Crippen LogP contribution in [0.4, 0.5) is 20.2 Å². The van der Waals surface area contributed by atoms with Crippen molar-refractivity contribution in [2.45, 2.75) is 19.4 Å². The Balaban J connectivity index is 2.36. The smallest absolute Gasteiger partial charge is 0.250 e. The van der Waals surface area contributed by atoms with E-state index in [9.17, 15) is 18.4 Å². The lowest BCUT2D eigenvalue weighted by Crippen LogP contribution is -2.37. The number of nitrogens with one attached hydrogen (secondary N) is 2. The molecule has 0 aliphatic heterocycles. The van der Waals surface area contributed by atoms with Crippen LogP contribution >= 0.6 is 12.2 Å². The molecule has 2 rings (SSSR count). The summed E-state index contributed by atoms with van der Waals surface area (Å²) in [7, 11) is 0. The molecule has 0 spiro atoms. The zero-order valence-corrected chi connectivity index (χ0v) is 16.9. The van der Waals surface area contributed by atoms with Crippen LogP contribution in [0.5, 0.6) is 0 Å². The van der Waals surface area contributed by atoms with Crippen molar-refractivity contribution in [2.24, 2.45) is 17.2 Å². The van der Waals surface area contributed by atoms with E-state index in [1.54, 1.807) is 6.92 Å². The molecule has 7 nitrogen and oxygen atoms in total. The predicted molar refractivity (Wildman–Crippen MR) is 116 cm³/mol.